The van der Waals surface area contributed by atoms with Gasteiger partial charge in [0.2, 0.25) is 0 Å². The van der Waals surface area contributed by atoms with Crippen molar-refractivity contribution in [1.82, 2.24) is 15.2 Å². The summed E-state index contributed by atoms with van der Waals surface area (Å²) in [6.45, 7) is 4.88. The second kappa shape index (κ2) is 8.29. The standard InChI is InChI=1S/C18H29N3O2/c1-13(2)11-16(15-8-4-5-10-19-15)20-18(23)21(3)12-14-7-6-9-17(14)22/h4-5,8,10,13-14,16-17,22H,6-7,9,11-12H2,1-3H3,(H,20,23)/t14-,16-,17+/m1/s1. The van der Waals surface area contributed by atoms with E-state index in [1.807, 2.05) is 18.2 Å². The maximum absolute atomic E-state index is 12.5. The Labute approximate surface area is 139 Å². The molecule has 128 valence electrons. The number of carbonyl (C=O) groups is 1. The lowest BCUT2D eigenvalue weighted by atomic mass is 10.0. The van der Waals surface area contributed by atoms with Crippen molar-refractivity contribution >= 4 is 6.03 Å². The van der Waals surface area contributed by atoms with Crippen LogP contribution in [0.4, 0.5) is 4.79 Å². The first-order chi connectivity index (χ1) is 11.0. The van der Waals surface area contributed by atoms with Gasteiger partial charge in [-0.1, -0.05) is 26.3 Å². The maximum atomic E-state index is 12.5. The fraction of sp³-hybridized carbons (Fsp3) is 0.667. The molecule has 0 bridgehead atoms. The molecule has 0 unspecified atom stereocenters. The van der Waals surface area contributed by atoms with Crippen molar-refractivity contribution in [2.45, 2.75) is 51.7 Å². The molecule has 5 heteroatoms. The van der Waals surface area contributed by atoms with Crippen LogP contribution < -0.4 is 5.32 Å². The van der Waals surface area contributed by atoms with Crippen LogP contribution >= 0.6 is 0 Å². The van der Waals surface area contributed by atoms with Crippen molar-refractivity contribution in [1.29, 1.82) is 0 Å². The molecule has 0 aromatic carbocycles. The van der Waals surface area contributed by atoms with Crippen molar-refractivity contribution in [3.63, 3.8) is 0 Å². The molecule has 1 aliphatic rings. The van der Waals surface area contributed by atoms with Crippen LogP contribution in [-0.2, 0) is 0 Å². The summed E-state index contributed by atoms with van der Waals surface area (Å²) in [7, 11) is 1.80. The number of hydrogen-bond donors (Lipinski definition) is 2. The third kappa shape index (κ3) is 5.20. The van der Waals surface area contributed by atoms with Crippen LogP contribution in [0, 0.1) is 11.8 Å². The van der Waals surface area contributed by atoms with Crippen LogP contribution in [0.2, 0.25) is 0 Å². The molecule has 1 aromatic heterocycles. The zero-order chi connectivity index (χ0) is 16.8. The lowest BCUT2D eigenvalue weighted by Crippen LogP contribution is -2.43. The number of nitrogens with zero attached hydrogens (tertiary/aromatic N) is 2. The highest BCUT2D eigenvalue weighted by Gasteiger charge is 2.28. The fourth-order valence-corrected chi connectivity index (χ4v) is 3.23. The second-order valence-corrected chi connectivity index (χ2v) is 7.03. The number of rotatable bonds is 6. The SMILES string of the molecule is CC(C)C[C@@H](NC(=O)N(C)C[C@H]1CCC[C@@H]1O)c1ccccn1. The van der Waals surface area contributed by atoms with Gasteiger partial charge in [-0.2, -0.15) is 0 Å². The molecule has 0 radical (unpaired) electrons. The molecule has 1 fully saturated rings. The number of aliphatic hydroxyl groups excluding tert-OH is 1. The molecule has 0 aliphatic heterocycles. The number of amides is 2. The van der Waals surface area contributed by atoms with Gasteiger partial charge in [-0.15, -0.1) is 0 Å². The highest BCUT2D eigenvalue weighted by molar-refractivity contribution is 5.74. The zero-order valence-corrected chi connectivity index (χ0v) is 14.4. The lowest BCUT2D eigenvalue weighted by molar-refractivity contribution is 0.113. The number of urea groups is 1. The highest BCUT2D eigenvalue weighted by atomic mass is 16.3. The molecule has 1 heterocycles. The minimum atomic E-state index is -0.271. The van der Waals surface area contributed by atoms with Gasteiger partial charge in [0.05, 0.1) is 17.8 Å². The Kier molecular flexibility index (Phi) is 6.39. The van der Waals surface area contributed by atoms with Gasteiger partial charge < -0.3 is 15.3 Å². The molecule has 2 rings (SSSR count). The molecule has 5 nitrogen and oxygen atoms in total. The van der Waals surface area contributed by atoms with E-state index in [2.05, 4.69) is 24.1 Å². The van der Waals surface area contributed by atoms with Crippen LogP contribution in [-0.4, -0.2) is 40.7 Å². The van der Waals surface area contributed by atoms with Crippen molar-refractivity contribution in [3.05, 3.63) is 30.1 Å². The van der Waals surface area contributed by atoms with E-state index in [0.717, 1.165) is 31.4 Å². The van der Waals surface area contributed by atoms with Gasteiger partial charge in [0, 0.05) is 25.7 Å². The summed E-state index contributed by atoms with van der Waals surface area (Å²) in [6, 6.07) is 5.60. The molecule has 1 aromatic rings. The largest absolute Gasteiger partial charge is 0.393 e. The van der Waals surface area contributed by atoms with Crippen LogP contribution in [0.15, 0.2) is 24.4 Å². The summed E-state index contributed by atoms with van der Waals surface area (Å²) in [6.07, 6.45) is 5.23. The smallest absolute Gasteiger partial charge is 0.317 e. The van der Waals surface area contributed by atoms with Gasteiger partial charge in [0.1, 0.15) is 0 Å². The summed E-state index contributed by atoms with van der Waals surface area (Å²) in [5.74, 6) is 0.661. The first-order valence-electron chi connectivity index (χ1n) is 8.58. The predicted octanol–water partition coefficient (Wildman–Crippen LogP) is 2.97. The molecule has 0 spiro atoms. The highest BCUT2D eigenvalue weighted by Crippen LogP contribution is 2.26. The van der Waals surface area contributed by atoms with E-state index in [1.165, 1.54) is 0 Å². The van der Waals surface area contributed by atoms with Gasteiger partial charge in [-0.25, -0.2) is 4.79 Å². The van der Waals surface area contributed by atoms with E-state index in [1.54, 1.807) is 18.1 Å². The fourth-order valence-electron chi connectivity index (χ4n) is 3.23. The minimum absolute atomic E-state index is 0.0837. The average molecular weight is 319 g/mol. The van der Waals surface area contributed by atoms with Gasteiger partial charge >= 0.3 is 6.03 Å². The van der Waals surface area contributed by atoms with E-state index in [-0.39, 0.29) is 24.1 Å². The molecule has 0 saturated heterocycles. The molecule has 1 saturated carbocycles. The molecular weight excluding hydrogens is 290 g/mol. The molecular formula is C18H29N3O2. The number of aromatic nitrogens is 1. The Bertz CT molecular complexity index is 492. The molecule has 3 atom stereocenters. The summed E-state index contributed by atoms with van der Waals surface area (Å²) < 4.78 is 0. The Hall–Kier alpha value is -1.62. The zero-order valence-electron chi connectivity index (χ0n) is 14.4. The average Bonchev–Trinajstić information content (AvgIpc) is 2.92. The van der Waals surface area contributed by atoms with Crippen LogP contribution in [0.25, 0.3) is 0 Å². The summed E-state index contributed by atoms with van der Waals surface area (Å²) in [5, 5.41) is 13.0. The van der Waals surface area contributed by atoms with Crippen LogP contribution in [0.3, 0.4) is 0 Å². The monoisotopic (exact) mass is 319 g/mol. The maximum Gasteiger partial charge on any atom is 0.317 e. The topological polar surface area (TPSA) is 65.5 Å². The van der Waals surface area contributed by atoms with E-state index in [4.69, 9.17) is 0 Å². The van der Waals surface area contributed by atoms with Crippen molar-refractivity contribution < 1.29 is 9.90 Å². The van der Waals surface area contributed by atoms with E-state index >= 15 is 0 Å². The van der Waals surface area contributed by atoms with Crippen molar-refractivity contribution in [2.75, 3.05) is 13.6 Å². The molecule has 2 amide bonds. The Morgan fingerprint density at radius 2 is 2.22 bits per heavy atom. The van der Waals surface area contributed by atoms with Gasteiger partial charge in [0.25, 0.3) is 0 Å². The summed E-state index contributed by atoms with van der Waals surface area (Å²) in [4.78, 5) is 18.6. The van der Waals surface area contributed by atoms with Gasteiger partial charge in [-0.05, 0) is 37.3 Å². The summed E-state index contributed by atoms with van der Waals surface area (Å²) in [5.41, 5.74) is 0.892. The third-order valence-corrected chi connectivity index (χ3v) is 4.52. The van der Waals surface area contributed by atoms with Crippen LogP contribution in [0.5, 0.6) is 0 Å². The Morgan fingerprint density at radius 3 is 2.78 bits per heavy atom. The number of carbonyl (C=O) groups excluding carboxylic acids is 1. The normalized spacial score (nSPS) is 22.1. The van der Waals surface area contributed by atoms with Gasteiger partial charge in [0.15, 0.2) is 0 Å². The number of hydrogen-bond acceptors (Lipinski definition) is 3. The summed E-state index contributed by atoms with van der Waals surface area (Å²) >= 11 is 0. The van der Waals surface area contributed by atoms with Gasteiger partial charge in [-0.3, -0.25) is 4.98 Å². The first kappa shape index (κ1) is 17.7. The van der Waals surface area contributed by atoms with Crippen molar-refractivity contribution in [3.8, 4) is 0 Å². The first-order valence-corrected chi connectivity index (χ1v) is 8.58. The Morgan fingerprint density at radius 1 is 1.43 bits per heavy atom. The van der Waals surface area contributed by atoms with E-state index in [9.17, 15) is 9.90 Å². The minimum Gasteiger partial charge on any atom is -0.393 e. The molecule has 23 heavy (non-hydrogen) atoms. The number of nitrogens with one attached hydrogen (secondary N) is 1. The Balaban J connectivity index is 1.96. The van der Waals surface area contributed by atoms with Crippen molar-refractivity contribution in [2.24, 2.45) is 11.8 Å². The third-order valence-electron chi connectivity index (χ3n) is 4.52. The predicted molar refractivity (Wildman–Crippen MR) is 90.9 cm³/mol. The van der Waals surface area contributed by atoms with E-state index in [0.29, 0.717) is 12.5 Å². The van der Waals surface area contributed by atoms with E-state index < -0.39 is 0 Å². The lowest BCUT2D eigenvalue weighted by Gasteiger charge is -2.27. The quantitative estimate of drug-likeness (QED) is 0.847. The van der Waals surface area contributed by atoms with Crippen LogP contribution in [0.1, 0.15) is 51.3 Å². The second-order valence-electron chi connectivity index (χ2n) is 7.03. The number of aliphatic hydroxyl groups is 1. The number of pyridine rings is 1. The molecule has 2 N–H and O–H groups in total. The molecule has 1 aliphatic carbocycles.